The molecule has 0 spiro atoms. The van der Waals surface area contributed by atoms with Crippen LogP contribution >= 0.6 is 11.6 Å². The molecule has 3 nitrogen and oxygen atoms in total. The molecule has 0 aliphatic heterocycles. The van der Waals surface area contributed by atoms with Crippen LogP contribution in [0.25, 0.3) is 0 Å². The van der Waals surface area contributed by atoms with E-state index in [9.17, 15) is 0 Å². The Hall–Kier alpha value is -1.24. The Kier molecular flexibility index (Phi) is 2.92. The second-order valence-electron chi connectivity index (χ2n) is 2.11. The minimum absolute atomic E-state index is 0.299. The number of nitrogens with zero attached hydrogens (tertiary/aromatic N) is 1. The first-order valence-electron chi connectivity index (χ1n) is 3.34. The smallest absolute Gasteiger partial charge is 0.151 e. The number of hydrogen-bond acceptors (Lipinski definition) is 3. The van der Waals surface area contributed by atoms with E-state index in [1.54, 1.807) is 12.3 Å². The highest BCUT2D eigenvalue weighted by Gasteiger charge is 1.96. The van der Waals surface area contributed by atoms with E-state index in [-0.39, 0.29) is 0 Å². The van der Waals surface area contributed by atoms with Gasteiger partial charge in [-0.3, -0.25) is 0 Å². The molecule has 12 heavy (non-hydrogen) atoms. The van der Waals surface area contributed by atoms with Gasteiger partial charge in [-0.1, -0.05) is 23.4 Å². The predicted octanol–water partition coefficient (Wildman–Crippen LogP) is 0.627. The van der Waals surface area contributed by atoms with E-state index >= 15 is 0 Å². The summed E-state index contributed by atoms with van der Waals surface area (Å²) < 4.78 is 0. The molecule has 1 aromatic rings. The van der Waals surface area contributed by atoms with Crippen LogP contribution < -0.4 is 11.5 Å². The fourth-order valence-corrected chi connectivity index (χ4v) is 0.790. The summed E-state index contributed by atoms with van der Waals surface area (Å²) in [6.07, 6.45) is 1.56. The third-order valence-corrected chi connectivity index (χ3v) is 1.52. The van der Waals surface area contributed by atoms with Gasteiger partial charge in [0, 0.05) is 11.8 Å². The van der Waals surface area contributed by atoms with Gasteiger partial charge in [-0.2, -0.15) is 0 Å². The highest BCUT2D eigenvalue weighted by Crippen LogP contribution is 2.14. The van der Waals surface area contributed by atoms with Crippen LogP contribution in [-0.4, -0.2) is 11.5 Å². The molecule has 0 bridgehead atoms. The summed E-state index contributed by atoms with van der Waals surface area (Å²) in [5.41, 5.74) is 11.8. The first-order chi connectivity index (χ1) is 5.74. The molecule has 0 amide bonds. The molecule has 0 aliphatic carbocycles. The lowest BCUT2D eigenvalue weighted by atomic mass is 10.3. The van der Waals surface area contributed by atoms with Crippen LogP contribution in [0, 0.1) is 11.8 Å². The molecule has 62 valence electrons. The number of pyridine rings is 1. The molecular weight excluding hydrogens is 174 g/mol. The second kappa shape index (κ2) is 3.96. The molecule has 1 rings (SSSR count). The highest BCUT2D eigenvalue weighted by molar-refractivity contribution is 6.31. The Morgan fingerprint density at radius 1 is 1.58 bits per heavy atom. The topological polar surface area (TPSA) is 64.9 Å². The van der Waals surface area contributed by atoms with E-state index in [4.69, 9.17) is 23.1 Å². The molecule has 0 radical (unpaired) electrons. The second-order valence-corrected chi connectivity index (χ2v) is 2.47. The Labute approximate surface area is 75.7 Å². The van der Waals surface area contributed by atoms with Gasteiger partial charge in [0.25, 0.3) is 0 Å². The first-order valence-corrected chi connectivity index (χ1v) is 3.72. The van der Waals surface area contributed by atoms with Gasteiger partial charge in [-0.15, -0.1) is 0 Å². The van der Waals surface area contributed by atoms with Crippen LogP contribution in [-0.2, 0) is 0 Å². The van der Waals surface area contributed by atoms with Gasteiger partial charge in [0.2, 0.25) is 0 Å². The normalized spacial score (nSPS) is 8.83. The quantitative estimate of drug-likeness (QED) is 0.456. The summed E-state index contributed by atoms with van der Waals surface area (Å²) in [5.74, 6) is 5.49. The highest BCUT2D eigenvalue weighted by atomic mass is 35.5. The van der Waals surface area contributed by atoms with Crippen molar-refractivity contribution in [2.45, 2.75) is 0 Å². The van der Waals surface area contributed by atoms with Crippen LogP contribution in [0.5, 0.6) is 0 Å². The van der Waals surface area contributed by atoms with Crippen LogP contribution in [0.2, 0.25) is 5.15 Å². The van der Waals surface area contributed by atoms with Crippen LogP contribution in [0.4, 0.5) is 5.69 Å². The van der Waals surface area contributed by atoms with Gasteiger partial charge in [-0.05, 0) is 6.07 Å². The van der Waals surface area contributed by atoms with Crippen molar-refractivity contribution in [3.05, 3.63) is 23.0 Å². The van der Waals surface area contributed by atoms with Crippen molar-refractivity contribution in [2.24, 2.45) is 5.73 Å². The molecule has 0 fully saturated rings. The molecular formula is C8H8ClN3. The number of nitrogens with two attached hydrogens (primary N) is 2. The SMILES string of the molecule is NCC#Cc1cnc(Cl)c(N)c1. The molecule has 4 N–H and O–H groups in total. The summed E-state index contributed by atoms with van der Waals surface area (Å²) in [6, 6.07) is 1.66. The zero-order valence-corrected chi connectivity index (χ0v) is 7.10. The average Bonchev–Trinajstić information content (AvgIpc) is 2.07. The molecule has 1 heterocycles. The van der Waals surface area contributed by atoms with E-state index < -0.39 is 0 Å². The number of anilines is 1. The third kappa shape index (κ3) is 2.12. The lowest BCUT2D eigenvalue weighted by molar-refractivity contribution is 1.29. The van der Waals surface area contributed by atoms with Crippen molar-refractivity contribution < 1.29 is 0 Å². The third-order valence-electron chi connectivity index (χ3n) is 1.20. The molecule has 0 aromatic carbocycles. The molecule has 1 aromatic heterocycles. The van der Waals surface area contributed by atoms with E-state index in [2.05, 4.69) is 16.8 Å². The van der Waals surface area contributed by atoms with Gasteiger partial charge in [-0.25, -0.2) is 4.98 Å². The molecule has 0 atom stereocenters. The summed E-state index contributed by atoms with van der Waals surface area (Å²) >= 11 is 5.61. The summed E-state index contributed by atoms with van der Waals surface area (Å²) in [4.78, 5) is 3.83. The predicted molar refractivity (Wildman–Crippen MR) is 49.6 cm³/mol. The zero-order valence-electron chi connectivity index (χ0n) is 6.34. The van der Waals surface area contributed by atoms with Crippen LogP contribution in [0.3, 0.4) is 0 Å². The molecule has 0 saturated carbocycles. The van der Waals surface area contributed by atoms with Crippen molar-refractivity contribution in [2.75, 3.05) is 12.3 Å². The van der Waals surface area contributed by atoms with Crippen molar-refractivity contribution in [3.8, 4) is 11.8 Å². The van der Waals surface area contributed by atoms with Crippen molar-refractivity contribution in [1.29, 1.82) is 0 Å². The van der Waals surface area contributed by atoms with E-state index in [0.29, 0.717) is 17.4 Å². The lowest BCUT2D eigenvalue weighted by Crippen LogP contribution is -1.94. The average molecular weight is 182 g/mol. The maximum atomic E-state index is 5.61. The maximum Gasteiger partial charge on any atom is 0.151 e. The minimum Gasteiger partial charge on any atom is -0.396 e. The summed E-state index contributed by atoms with van der Waals surface area (Å²) in [6.45, 7) is 0.322. The number of rotatable bonds is 0. The van der Waals surface area contributed by atoms with E-state index in [1.807, 2.05) is 0 Å². The molecule has 0 aliphatic rings. The standard InChI is InChI=1S/C8H8ClN3/c9-8-7(11)4-6(5-12-8)2-1-3-10/h4-5H,3,10-11H2. The lowest BCUT2D eigenvalue weighted by Gasteiger charge is -1.95. The number of hydrogen-bond donors (Lipinski definition) is 2. The Morgan fingerprint density at radius 3 is 2.92 bits per heavy atom. The van der Waals surface area contributed by atoms with Crippen molar-refractivity contribution >= 4 is 17.3 Å². The van der Waals surface area contributed by atoms with Crippen LogP contribution in [0.15, 0.2) is 12.3 Å². The fourth-order valence-electron chi connectivity index (χ4n) is 0.687. The van der Waals surface area contributed by atoms with Crippen molar-refractivity contribution in [1.82, 2.24) is 4.98 Å². The minimum atomic E-state index is 0.299. The molecule has 0 unspecified atom stereocenters. The monoisotopic (exact) mass is 181 g/mol. The zero-order chi connectivity index (χ0) is 8.97. The van der Waals surface area contributed by atoms with Gasteiger partial charge in [0.15, 0.2) is 5.15 Å². The number of halogens is 1. The largest absolute Gasteiger partial charge is 0.396 e. The van der Waals surface area contributed by atoms with Gasteiger partial charge in [0.1, 0.15) is 0 Å². The van der Waals surface area contributed by atoms with E-state index in [1.165, 1.54) is 0 Å². The number of nitrogen functional groups attached to an aromatic ring is 1. The van der Waals surface area contributed by atoms with Gasteiger partial charge >= 0.3 is 0 Å². The van der Waals surface area contributed by atoms with Gasteiger partial charge in [0.05, 0.1) is 12.2 Å². The first kappa shape index (κ1) is 8.85. The van der Waals surface area contributed by atoms with Gasteiger partial charge < -0.3 is 11.5 Å². The Morgan fingerprint density at radius 2 is 2.33 bits per heavy atom. The Bertz CT molecular complexity index is 338. The fraction of sp³-hybridized carbons (Fsp3) is 0.125. The number of aromatic nitrogens is 1. The maximum absolute atomic E-state index is 5.61. The van der Waals surface area contributed by atoms with Crippen LogP contribution in [0.1, 0.15) is 5.56 Å². The summed E-state index contributed by atoms with van der Waals surface area (Å²) in [7, 11) is 0. The molecule has 4 heteroatoms. The van der Waals surface area contributed by atoms with E-state index in [0.717, 1.165) is 5.56 Å². The van der Waals surface area contributed by atoms with Crippen molar-refractivity contribution in [3.63, 3.8) is 0 Å². The summed E-state index contributed by atoms with van der Waals surface area (Å²) in [5, 5.41) is 0.299. The Balaban J connectivity index is 2.97. The molecule has 0 saturated heterocycles.